The zero-order valence-corrected chi connectivity index (χ0v) is 14.1. The van der Waals surface area contributed by atoms with E-state index in [1.165, 1.54) is 18.3 Å². The lowest BCUT2D eigenvalue weighted by molar-refractivity contribution is -0.154. The predicted octanol–water partition coefficient (Wildman–Crippen LogP) is 0.311. The van der Waals surface area contributed by atoms with Gasteiger partial charge in [0.25, 0.3) is 11.8 Å². The number of nitrogens with zero attached hydrogens (tertiary/aromatic N) is 1. The molecule has 0 unspecified atom stereocenters. The Morgan fingerprint density at radius 2 is 1.96 bits per heavy atom. The molecule has 0 bridgehead atoms. The second-order valence-corrected chi connectivity index (χ2v) is 6.33. The van der Waals surface area contributed by atoms with Crippen LogP contribution in [0.2, 0.25) is 0 Å². The average Bonchev–Trinajstić information content (AvgIpc) is 3.11. The molecule has 8 nitrogen and oxygen atoms in total. The van der Waals surface area contributed by atoms with Crippen LogP contribution in [0.5, 0.6) is 0 Å². The number of hydrogen-bond donors (Lipinski definition) is 2. The summed E-state index contributed by atoms with van der Waals surface area (Å²) in [5, 5.41) is 1.85. The summed E-state index contributed by atoms with van der Waals surface area (Å²) in [6.45, 7) is 1.76. The van der Waals surface area contributed by atoms with E-state index in [1.807, 2.05) is 11.4 Å². The fraction of sp³-hybridized carbons (Fsp3) is 0.467. The second kappa shape index (κ2) is 8.44. The van der Waals surface area contributed by atoms with Crippen molar-refractivity contribution in [2.75, 3.05) is 19.7 Å². The molecule has 1 saturated heterocycles. The molecule has 1 aliphatic rings. The number of likely N-dealkylation sites (tertiary alicyclic amines) is 1. The van der Waals surface area contributed by atoms with Crippen LogP contribution in [0.1, 0.15) is 29.4 Å². The number of piperidine rings is 1. The van der Waals surface area contributed by atoms with Gasteiger partial charge in [0.1, 0.15) is 0 Å². The molecule has 1 aliphatic heterocycles. The third-order valence-corrected chi connectivity index (χ3v) is 4.43. The monoisotopic (exact) mass is 353 g/mol. The van der Waals surface area contributed by atoms with Crippen LogP contribution < -0.4 is 10.9 Å². The molecule has 1 aromatic heterocycles. The fourth-order valence-electron chi connectivity index (χ4n) is 2.32. The molecule has 2 N–H and O–H groups in total. The Labute approximate surface area is 143 Å². The van der Waals surface area contributed by atoms with Crippen LogP contribution in [-0.4, -0.2) is 48.3 Å². The lowest BCUT2D eigenvalue weighted by Gasteiger charge is -2.30. The van der Waals surface area contributed by atoms with Gasteiger partial charge in [-0.05, 0) is 24.3 Å². The van der Waals surface area contributed by atoms with Gasteiger partial charge in [-0.3, -0.25) is 30.0 Å². The number of esters is 1. The van der Waals surface area contributed by atoms with E-state index in [0.717, 1.165) is 0 Å². The maximum absolute atomic E-state index is 12.2. The van der Waals surface area contributed by atoms with Gasteiger partial charge < -0.3 is 9.64 Å². The lowest BCUT2D eigenvalue weighted by atomic mass is 9.97. The molecule has 2 heterocycles. The Bertz CT molecular complexity index is 609. The highest BCUT2D eigenvalue weighted by atomic mass is 32.1. The van der Waals surface area contributed by atoms with Crippen molar-refractivity contribution in [1.82, 2.24) is 15.8 Å². The number of rotatable bonds is 4. The zero-order chi connectivity index (χ0) is 17.5. The summed E-state index contributed by atoms with van der Waals surface area (Å²) < 4.78 is 4.94. The highest BCUT2D eigenvalue weighted by Crippen LogP contribution is 2.21. The Morgan fingerprint density at radius 3 is 2.54 bits per heavy atom. The first-order valence-corrected chi connectivity index (χ1v) is 8.40. The topological polar surface area (TPSA) is 105 Å². The molecule has 130 valence electrons. The van der Waals surface area contributed by atoms with Crippen LogP contribution in [0.3, 0.4) is 0 Å². The van der Waals surface area contributed by atoms with E-state index in [-0.39, 0.29) is 11.8 Å². The van der Waals surface area contributed by atoms with Crippen LogP contribution in [-0.2, 0) is 19.1 Å². The van der Waals surface area contributed by atoms with E-state index >= 15 is 0 Å². The molecule has 0 atom stereocenters. The lowest BCUT2D eigenvalue weighted by Crippen LogP contribution is -2.43. The number of hydrogen-bond acceptors (Lipinski definition) is 6. The number of hydrazine groups is 1. The van der Waals surface area contributed by atoms with Crippen molar-refractivity contribution < 1.29 is 23.9 Å². The van der Waals surface area contributed by atoms with Gasteiger partial charge in [-0.25, -0.2) is 0 Å². The van der Waals surface area contributed by atoms with Crippen molar-refractivity contribution >= 4 is 35.0 Å². The molecule has 0 aromatic carbocycles. The van der Waals surface area contributed by atoms with Crippen LogP contribution in [0.25, 0.3) is 0 Å². The molecule has 0 radical (unpaired) electrons. The average molecular weight is 353 g/mol. The van der Waals surface area contributed by atoms with E-state index < -0.39 is 24.4 Å². The SMILES string of the molecule is CC(=O)NNC(=O)COC(=O)C1CCN(C(=O)c2cccs2)CC1. The van der Waals surface area contributed by atoms with Gasteiger partial charge in [-0.2, -0.15) is 0 Å². The standard InChI is InChI=1S/C15H19N3O5S/c1-10(19)16-17-13(20)9-23-15(22)11-4-6-18(7-5-11)14(21)12-3-2-8-24-12/h2-3,8,11H,4-7,9H2,1H3,(H,16,19)(H,17,20). The molecular formula is C15H19N3O5S. The normalized spacial score (nSPS) is 14.8. The smallest absolute Gasteiger partial charge is 0.309 e. The molecule has 0 aliphatic carbocycles. The van der Waals surface area contributed by atoms with Gasteiger partial charge in [-0.15, -0.1) is 11.3 Å². The Balaban J connectivity index is 1.71. The summed E-state index contributed by atoms with van der Waals surface area (Å²) in [6, 6.07) is 3.61. The van der Waals surface area contributed by atoms with Gasteiger partial charge in [-0.1, -0.05) is 6.07 Å². The molecule has 0 saturated carbocycles. The molecule has 3 amide bonds. The van der Waals surface area contributed by atoms with Crippen molar-refractivity contribution in [2.45, 2.75) is 19.8 Å². The highest BCUT2D eigenvalue weighted by molar-refractivity contribution is 7.12. The number of nitrogens with one attached hydrogen (secondary N) is 2. The first-order chi connectivity index (χ1) is 11.5. The summed E-state index contributed by atoms with van der Waals surface area (Å²) in [5.74, 6) is -1.84. The van der Waals surface area contributed by atoms with Crippen molar-refractivity contribution in [1.29, 1.82) is 0 Å². The number of amides is 3. The number of carbonyl (C=O) groups is 4. The molecule has 1 fully saturated rings. The minimum Gasteiger partial charge on any atom is -0.455 e. The minimum atomic E-state index is -0.608. The first-order valence-electron chi connectivity index (χ1n) is 7.52. The van der Waals surface area contributed by atoms with Gasteiger partial charge in [0, 0.05) is 20.0 Å². The molecule has 2 rings (SSSR count). The van der Waals surface area contributed by atoms with E-state index in [2.05, 4.69) is 10.9 Å². The van der Waals surface area contributed by atoms with E-state index in [9.17, 15) is 19.2 Å². The highest BCUT2D eigenvalue weighted by Gasteiger charge is 2.29. The molecule has 24 heavy (non-hydrogen) atoms. The number of thiophene rings is 1. The van der Waals surface area contributed by atoms with Gasteiger partial charge in [0.2, 0.25) is 5.91 Å². The number of carbonyl (C=O) groups excluding carboxylic acids is 4. The summed E-state index contributed by atoms with van der Waals surface area (Å²) >= 11 is 1.39. The maximum atomic E-state index is 12.2. The second-order valence-electron chi connectivity index (χ2n) is 5.38. The Morgan fingerprint density at radius 1 is 1.25 bits per heavy atom. The quantitative estimate of drug-likeness (QED) is 0.599. The van der Waals surface area contributed by atoms with Gasteiger partial charge in [0.05, 0.1) is 10.8 Å². The Kier molecular flexibility index (Phi) is 6.30. The van der Waals surface area contributed by atoms with Crippen molar-refractivity contribution in [3.8, 4) is 0 Å². The molecule has 9 heteroatoms. The van der Waals surface area contributed by atoms with Crippen LogP contribution in [0.4, 0.5) is 0 Å². The number of ether oxygens (including phenoxy) is 1. The first kappa shape index (κ1) is 17.9. The summed E-state index contributed by atoms with van der Waals surface area (Å²) in [7, 11) is 0. The van der Waals surface area contributed by atoms with E-state index in [1.54, 1.807) is 11.0 Å². The van der Waals surface area contributed by atoms with Crippen LogP contribution >= 0.6 is 11.3 Å². The van der Waals surface area contributed by atoms with Gasteiger partial charge in [0.15, 0.2) is 6.61 Å². The van der Waals surface area contributed by atoms with Crippen molar-refractivity contribution in [3.63, 3.8) is 0 Å². The molecule has 0 spiro atoms. The maximum Gasteiger partial charge on any atom is 0.309 e. The zero-order valence-electron chi connectivity index (χ0n) is 13.2. The van der Waals surface area contributed by atoms with E-state index in [4.69, 9.17) is 4.74 Å². The van der Waals surface area contributed by atoms with Crippen LogP contribution in [0.15, 0.2) is 17.5 Å². The Hall–Kier alpha value is -2.42. The third kappa shape index (κ3) is 5.05. The molecule has 1 aromatic rings. The minimum absolute atomic E-state index is 0.0218. The predicted molar refractivity (Wildman–Crippen MR) is 85.9 cm³/mol. The summed E-state index contributed by atoms with van der Waals surface area (Å²) in [4.78, 5) is 48.6. The van der Waals surface area contributed by atoms with Crippen molar-refractivity contribution in [3.05, 3.63) is 22.4 Å². The summed E-state index contributed by atoms with van der Waals surface area (Å²) in [5.41, 5.74) is 4.22. The largest absolute Gasteiger partial charge is 0.455 e. The summed E-state index contributed by atoms with van der Waals surface area (Å²) in [6.07, 6.45) is 1.01. The van der Waals surface area contributed by atoms with E-state index in [0.29, 0.717) is 30.8 Å². The van der Waals surface area contributed by atoms with Crippen molar-refractivity contribution in [2.24, 2.45) is 5.92 Å². The van der Waals surface area contributed by atoms with Crippen LogP contribution in [0, 0.1) is 5.92 Å². The van der Waals surface area contributed by atoms with Gasteiger partial charge >= 0.3 is 5.97 Å². The third-order valence-electron chi connectivity index (χ3n) is 3.57. The fourth-order valence-corrected chi connectivity index (χ4v) is 3.01. The molecular weight excluding hydrogens is 334 g/mol.